The lowest BCUT2D eigenvalue weighted by atomic mass is 9.95. The first-order valence-electron chi connectivity index (χ1n) is 9.24. The highest BCUT2D eigenvalue weighted by atomic mass is 35.5. The van der Waals surface area contributed by atoms with Crippen LogP contribution >= 0.6 is 11.6 Å². The first-order chi connectivity index (χ1) is 13.8. The first-order valence-corrected chi connectivity index (χ1v) is 9.62. The molecule has 1 amide bonds. The Morgan fingerprint density at radius 3 is 2.31 bits per heavy atom. The average Bonchev–Trinajstić information content (AvgIpc) is 2.93. The second-order valence-electron chi connectivity index (χ2n) is 7.21. The van der Waals surface area contributed by atoms with Gasteiger partial charge in [-0.15, -0.1) is 0 Å². The van der Waals surface area contributed by atoms with Crippen LogP contribution in [0.4, 0.5) is 4.39 Å². The number of Topliss-reactive ketones (excluding diaryl/α,β-unsaturated/α-hetero) is 1. The summed E-state index contributed by atoms with van der Waals surface area (Å²) in [6.07, 6.45) is 0.667. The zero-order chi connectivity index (χ0) is 21.1. The number of ketones is 1. The first kappa shape index (κ1) is 21.0. The second-order valence-corrected chi connectivity index (χ2v) is 7.64. The van der Waals surface area contributed by atoms with Crippen molar-refractivity contribution in [3.8, 4) is 0 Å². The highest BCUT2D eigenvalue weighted by Gasteiger charge is 2.45. The Hall–Kier alpha value is -2.70. The molecule has 1 atom stereocenters. The lowest BCUT2D eigenvalue weighted by molar-refractivity contribution is -0.139. The lowest BCUT2D eigenvalue weighted by Crippen LogP contribution is -2.32. The molecule has 0 spiro atoms. The molecule has 1 N–H and O–H groups in total. The SMILES string of the molecule is CN(C)CCCN1C(=O)C(=O)C(=C(O)c2ccc(F)cc2)[C@H]1c1ccc(Cl)cc1. The third-order valence-electron chi connectivity index (χ3n) is 4.85. The van der Waals surface area contributed by atoms with Gasteiger partial charge >= 0.3 is 0 Å². The zero-order valence-corrected chi connectivity index (χ0v) is 17.0. The standard InChI is InChI=1S/C22H22ClFN2O3/c1-25(2)12-3-13-26-19(14-4-8-16(23)9-5-14)18(21(28)22(26)29)20(27)15-6-10-17(24)11-7-15/h4-11,19,27H,3,12-13H2,1-2H3/t19-/m1/s1. The van der Waals surface area contributed by atoms with Gasteiger partial charge in [-0.1, -0.05) is 23.7 Å². The van der Waals surface area contributed by atoms with Crippen molar-refractivity contribution in [1.29, 1.82) is 0 Å². The molecule has 5 nitrogen and oxygen atoms in total. The summed E-state index contributed by atoms with van der Waals surface area (Å²) in [6.45, 7) is 1.10. The summed E-state index contributed by atoms with van der Waals surface area (Å²) in [6, 6.07) is 11.2. The number of carbonyl (C=O) groups is 2. The van der Waals surface area contributed by atoms with E-state index in [2.05, 4.69) is 0 Å². The number of amides is 1. The minimum absolute atomic E-state index is 0.00576. The summed E-state index contributed by atoms with van der Waals surface area (Å²) >= 11 is 5.99. The van der Waals surface area contributed by atoms with Crippen molar-refractivity contribution in [1.82, 2.24) is 9.80 Å². The van der Waals surface area contributed by atoms with Crippen LogP contribution < -0.4 is 0 Å². The highest BCUT2D eigenvalue weighted by Crippen LogP contribution is 2.39. The van der Waals surface area contributed by atoms with Gasteiger partial charge in [0.25, 0.3) is 11.7 Å². The van der Waals surface area contributed by atoms with E-state index in [0.29, 0.717) is 23.6 Å². The number of likely N-dealkylation sites (tertiary alicyclic amines) is 1. The van der Waals surface area contributed by atoms with Gasteiger partial charge in [-0.2, -0.15) is 0 Å². The van der Waals surface area contributed by atoms with E-state index in [1.165, 1.54) is 29.2 Å². The number of carbonyl (C=O) groups excluding carboxylic acids is 2. The van der Waals surface area contributed by atoms with Crippen molar-refractivity contribution >= 4 is 29.1 Å². The van der Waals surface area contributed by atoms with E-state index >= 15 is 0 Å². The van der Waals surface area contributed by atoms with Gasteiger partial charge in [-0.05, 0) is 69.0 Å². The topological polar surface area (TPSA) is 60.9 Å². The number of aliphatic hydroxyl groups is 1. The molecule has 2 aromatic carbocycles. The number of nitrogens with zero attached hydrogens (tertiary/aromatic N) is 2. The Bertz CT molecular complexity index is 940. The van der Waals surface area contributed by atoms with E-state index in [4.69, 9.17) is 11.6 Å². The molecule has 1 heterocycles. The number of rotatable bonds is 6. The van der Waals surface area contributed by atoms with Crippen molar-refractivity contribution in [2.24, 2.45) is 0 Å². The van der Waals surface area contributed by atoms with E-state index in [0.717, 1.165) is 6.54 Å². The fourth-order valence-electron chi connectivity index (χ4n) is 3.42. The van der Waals surface area contributed by atoms with Gasteiger partial charge < -0.3 is 14.9 Å². The summed E-state index contributed by atoms with van der Waals surface area (Å²) in [4.78, 5) is 29.1. The molecule has 0 radical (unpaired) electrons. The van der Waals surface area contributed by atoms with Crippen molar-refractivity contribution < 1.29 is 19.1 Å². The van der Waals surface area contributed by atoms with E-state index in [9.17, 15) is 19.1 Å². The van der Waals surface area contributed by atoms with Crippen LogP contribution in [0.15, 0.2) is 54.1 Å². The van der Waals surface area contributed by atoms with E-state index in [-0.39, 0.29) is 16.9 Å². The Labute approximate surface area is 174 Å². The molecule has 1 fully saturated rings. The fraction of sp³-hybridized carbons (Fsp3) is 0.273. The van der Waals surface area contributed by atoms with Crippen LogP contribution in [-0.2, 0) is 9.59 Å². The normalized spacial score (nSPS) is 18.7. The highest BCUT2D eigenvalue weighted by molar-refractivity contribution is 6.46. The molecular weight excluding hydrogens is 395 g/mol. The fourth-order valence-corrected chi connectivity index (χ4v) is 3.55. The quantitative estimate of drug-likeness (QED) is 0.441. The average molecular weight is 417 g/mol. The number of benzene rings is 2. The van der Waals surface area contributed by atoms with E-state index in [1.54, 1.807) is 24.3 Å². The Morgan fingerprint density at radius 1 is 1.10 bits per heavy atom. The molecule has 0 unspecified atom stereocenters. The van der Waals surface area contributed by atoms with Gasteiger partial charge in [-0.3, -0.25) is 9.59 Å². The van der Waals surface area contributed by atoms with Crippen LogP contribution in [0.2, 0.25) is 5.02 Å². The molecule has 1 saturated heterocycles. The van der Waals surface area contributed by atoms with Crippen LogP contribution in [0.25, 0.3) is 5.76 Å². The molecule has 1 aliphatic rings. The summed E-state index contributed by atoms with van der Waals surface area (Å²) < 4.78 is 13.3. The summed E-state index contributed by atoms with van der Waals surface area (Å²) in [5, 5.41) is 11.4. The number of aliphatic hydroxyl groups excluding tert-OH is 1. The minimum atomic E-state index is -0.753. The molecule has 2 aromatic rings. The second kappa shape index (κ2) is 8.76. The van der Waals surface area contributed by atoms with E-state index < -0.39 is 23.5 Å². The van der Waals surface area contributed by atoms with Crippen LogP contribution in [0, 0.1) is 5.82 Å². The molecule has 0 bridgehead atoms. The van der Waals surface area contributed by atoms with Gasteiger partial charge in [0, 0.05) is 17.1 Å². The molecule has 29 heavy (non-hydrogen) atoms. The maximum absolute atomic E-state index is 13.3. The van der Waals surface area contributed by atoms with E-state index in [1.807, 2.05) is 19.0 Å². The van der Waals surface area contributed by atoms with Gasteiger partial charge in [0.1, 0.15) is 11.6 Å². The molecule has 0 aliphatic carbocycles. The van der Waals surface area contributed by atoms with Crippen molar-refractivity contribution in [3.05, 3.63) is 76.1 Å². The van der Waals surface area contributed by atoms with Crippen LogP contribution in [-0.4, -0.2) is 53.8 Å². The van der Waals surface area contributed by atoms with Crippen LogP contribution in [0.3, 0.4) is 0 Å². The maximum Gasteiger partial charge on any atom is 0.295 e. The van der Waals surface area contributed by atoms with Crippen molar-refractivity contribution in [3.63, 3.8) is 0 Å². The zero-order valence-electron chi connectivity index (χ0n) is 16.2. The Balaban J connectivity index is 2.07. The molecule has 7 heteroatoms. The number of hydrogen-bond donors (Lipinski definition) is 1. The Morgan fingerprint density at radius 2 is 1.72 bits per heavy atom. The number of halogens is 2. The van der Waals surface area contributed by atoms with Crippen LogP contribution in [0.5, 0.6) is 0 Å². The van der Waals surface area contributed by atoms with Gasteiger partial charge in [0.05, 0.1) is 11.6 Å². The number of hydrogen-bond acceptors (Lipinski definition) is 4. The summed E-state index contributed by atoms with van der Waals surface area (Å²) in [5.74, 6) is -2.19. The predicted molar refractivity (Wildman–Crippen MR) is 110 cm³/mol. The molecule has 0 saturated carbocycles. The minimum Gasteiger partial charge on any atom is -0.507 e. The molecule has 1 aliphatic heterocycles. The van der Waals surface area contributed by atoms with Gasteiger partial charge in [0.2, 0.25) is 0 Å². The summed E-state index contributed by atoms with van der Waals surface area (Å²) in [7, 11) is 3.86. The lowest BCUT2D eigenvalue weighted by Gasteiger charge is -2.26. The van der Waals surface area contributed by atoms with Crippen molar-refractivity contribution in [2.75, 3.05) is 27.2 Å². The maximum atomic E-state index is 13.3. The molecular formula is C22H22ClFN2O3. The molecule has 3 rings (SSSR count). The van der Waals surface area contributed by atoms with Crippen LogP contribution in [0.1, 0.15) is 23.6 Å². The summed E-state index contributed by atoms with van der Waals surface area (Å²) in [5.41, 5.74) is 0.938. The molecule has 152 valence electrons. The smallest absolute Gasteiger partial charge is 0.295 e. The molecule has 0 aromatic heterocycles. The van der Waals surface area contributed by atoms with Gasteiger partial charge in [-0.25, -0.2) is 4.39 Å². The Kier molecular flexibility index (Phi) is 6.35. The third-order valence-corrected chi connectivity index (χ3v) is 5.10. The third kappa shape index (κ3) is 4.49. The monoisotopic (exact) mass is 416 g/mol. The van der Waals surface area contributed by atoms with Gasteiger partial charge in [0.15, 0.2) is 0 Å². The predicted octanol–water partition coefficient (Wildman–Crippen LogP) is 3.85. The van der Waals surface area contributed by atoms with Crippen molar-refractivity contribution in [2.45, 2.75) is 12.5 Å². The largest absolute Gasteiger partial charge is 0.507 e.